The van der Waals surface area contributed by atoms with Crippen molar-refractivity contribution in [1.29, 1.82) is 0 Å². The van der Waals surface area contributed by atoms with E-state index < -0.39 is 0 Å². The maximum absolute atomic E-state index is 11.9. The molecule has 1 N–H and O–H groups in total. The summed E-state index contributed by atoms with van der Waals surface area (Å²) in [5, 5.41) is 11.9. The Morgan fingerprint density at radius 2 is 1.81 bits per heavy atom. The number of nitrogens with zero attached hydrogens (tertiary/aromatic N) is 4. The average molecular weight is 428 g/mol. The van der Waals surface area contributed by atoms with Crippen molar-refractivity contribution in [3.63, 3.8) is 0 Å². The van der Waals surface area contributed by atoms with Crippen molar-refractivity contribution in [2.24, 2.45) is 5.92 Å². The summed E-state index contributed by atoms with van der Waals surface area (Å²) < 4.78 is 12.8. The third-order valence-corrected chi connectivity index (χ3v) is 5.42. The molecule has 8 nitrogen and oxygen atoms in total. The molecule has 2 heterocycles. The Kier molecular flexibility index (Phi) is 7.65. The normalized spacial score (nSPS) is 11.4. The third kappa shape index (κ3) is 5.42. The van der Waals surface area contributed by atoms with Gasteiger partial charge in [-0.3, -0.25) is 9.20 Å². The molecule has 0 radical (unpaired) electrons. The van der Waals surface area contributed by atoms with E-state index in [1.165, 1.54) is 0 Å². The van der Waals surface area contributed by atoms with Gasteiger partial charge in [0.05, 0.1) is 25.3 Å². The number of carbonyl (C=O) groups excluding carboxylic acids is 1. The minimum Gasteiger partial charge on any atom is -0.493 e. The van der Waals surface area contributed by atoms with Gasteiger partial charge in [-0.05, 0) is 32.1 Å². The third-order valence-electron chi connectivity index (χ3n) is 5.42. The van der Waals surface area contributed by atoms with Gasteiger partial charge >= 0.3 is 0 Å². The quantitative estimate of drug-likeness (QED) is 0.423. The Labute approximate surface area is 183 Å². The lowest BCUT2D eigenvalue weighted by atomic mass is 10.0. The highest BCUT2D eigenvalue weighted by Gasteiger charge is 2.16. The maximum Gasteiger partial charge on any atom is 0.204 e. The molecule has 0 aliphatic heterocycles. The summed E-state index contributed by atoms with van der Waals surface area (Å²) in [4.78, 5) is 16.7. The fraction of sp³-hybridized carbons (Fsp3) is 0.565. The molecular weight excluding hydrogens is 394 g/mol. The Balaban J connectivity index is 1.66. The van der Waals surface area contributed by atoms with E-state index in [4.69, 9.17) is 14.5 Å². The largest absolute Gasteiger partial charge is 0.493 e. The number of aromatic nitrogens is 4. The topological polar surface area (TPSA) is 90.6 Å². The predicted molar refractivity (Wildman–Crippen MR) is 122 cm³/mol. The first-order chi connectivity index (χ1) is 14.9. The van der Waals surface area contributed by atoms with E-state index in [9.17, 15) is 4.79 Å². The number of benzene rings is 1. The molecule has 0 fully saturated rings. The lowest BCUT2D eigenvalue weighted by Crippen LogP contribution is -2.07. The van der Waals surface area contributed by atoms with Crippen molar-refractivity contribution in [1.82, 2.24) is 19.6 Å². The molecule has 0 saturated carbocycles. The van der Waals surface area contributed by atoms with E-state index in [-0.39, 0.29) is 0 Å². The Morgan fingerprint density at radius 1 is 1.06 bits per heavy atom. The molecule has 0 unspecified atom stereocenters. The lowest BCUT2D eigenvalue weighted by Gasteiger charge is -2.13. The van der Waals surface area contributed by atoms with E-state index in [1.807, 2.05) is 23.5 Å². The van der Waals surface area contributed by atoms with Crippen molar-refractivity contribution in [2.45, 2.75) is 59.3 Å². The van der Waals surface area contributed by atoms with Crippen LogP contribution >= 0.6 is 0 Å². The number of ketones is 1. The summed E-state index contributed by atoms with van der Waals surface area (Å²) in [5.74, 6) is 3.69. The molecule has 3 rings (SSSR count). The first kappa shape index (κ1) is 22.8. The standard InChI is InChI=1S/C23H33N5O3/c1-15(2)10-11-17(29)9-7-6-8-12-24-22-23-27-26-16(3)28(23)19-14-21(31-5)20(30-4)13-18(19)25-22/h13-15H,6-12H2,1-5H3,(H,24,25). The first-order valence-electron chi connectivity index (χ1n) is 11.0. The van der Waals surface area contributed by atoms with Gasteiger partial charge in [0.15, 0.2) is 17.3 Å². The number of anilines is 1. The summed E-state index contributed by atoms with van der Waals surface area (Å²) in [6.07, 6.45) is 5.26. The number of hydrogen-bond donors (Lipinski definition) is 1. The lowest BCUT2D eigenvalue weighted by molar-refractivity contribution is -0.119. The molecule has 2 aromatic heterocycles. The molecular formula is C23H33N5O3. The number of rotatable bonds is 12. The summed E-state index contributed by atoms with van der Waals surface area (Å²) in [6.45, 7) is 6.98. The number of unbranched alkanes of at least 4 members (excludes halogenated alkanes) is 2. The van der Waals surface area contributed by atoms with Crippen molar-refractivity contribution in [2.75, 3.05) is 26.1 Å². The summed E-state index contributed by atoms with van der Waals surface area (Å²) in [7, 11) is 3.22. The van der Waals surface area contributed by atoms with Gasteiger partial charge in [0.25, 0.3) is 0 Å². The van der Waals surface area contributed by atoms with Crippen molar-refractivity contribution in [3.05, 3.63) is 18.0 Å². The predicted octanol–water partition coefficient (Wildman–Crippen LogP) is 4.58. The van der Waals surface area contributed by atoms with Crippen LogP contribution in [0.15, 0.2) is 12.1 Å². The molecule has 168 valence electrons. The number of ether oxygens (including phenoxy) is 2. The van der Waals surface area contributed by atoms with Crippen molar-refractivity contribution < 1.29 is 14.3 Å². The number of carbonyl (C=O) groups is 1. The first-order valence-corrected chi connectivity index (χ1v) is 11.0. The molecule has 0 bridgehead atoms. The number of aryl methyl sites for hydroxylation is 1. The van der Waals surface area contributed by atoms with Crippen LogP contribution in [0.4, 0.5) is 5.82 Å². The zero-order valence-corrected chi connectivity index (χ0v) is 19.2. The Hall–Kier alpha value is -2.90. The second kappa shape index (κ2) is 10.4. The molecule has 0 saturated heterocycles. The van der Waals surface area contributed by atoms with E-state index in [2.05, 4.69) is 29.4 Å². The fourth-order valence-corrected chi connectivity index (χ4v) is 3.62. The molecule has 0 spiro atoms. The van der Waals surface area contributed by atoms with Crippen LogP contribution in [0.1, 0.15) is 58.2 Å². The van der Waals surface area contributed by atoms with Crippen LogP contribution in [0.25, 0.3) is 16.7 Å². The zero-order chi connectivity index (χ0) is 22.4. The fourth-order valence-electron chi connectivity index (χ4n) is 3.62. The number of fused-ring (bicyclic) bond motifs is 3. The molecule has 0 aliphatic carbocycles. The molecule has 0 atom stereocenters. The SMILES string of the molecule is COc1cc2nc(NCCCCCC(=O)CCC(C)C)c3nnc(C)n3c2cc1OC. The van der Waals surface area contributed by atoms with Gasteiger partial charge in [0.1, 0.15) is 11.6 Å². The van der Waals surface area contributed by atoms with E-state index >= 15 is 0 Å². The maximum atomic E-state index is 11.9. The van der Waals surface area contributed by atoms with Crippen molar-refractivity contribution >= 4 is 28.3 Å². The van der Waals surface area contributed by atoms with Crippen LogP contribution in [-0.4, -0.2) is 46.1 Å². The van der Waals surface area contributed by atoms with Gasteiger partial charge in [0, 0.05) is 31.5 Å². The Bertz CT molecular complexity index is 1040. The second-order valence-electron chi connectivity index (χ2n) is 8.27. The monoisotopic (exact) mass is 427 g/mol. The average Bonchev–Trinajstić information content (AvgIpc) is 3.15. The van der Waals surface area contributed by atoms with Gasteiger partial charge in [-0.2, -0.15) is 0 Å². The van der Waals surface area contributed by atoms with Gasteiger partial charge in [-0.1, -0.05) is 20.3 Å². The molecule has 3 aromatic rings. The minimum absolute atomic E-state index is 0.378. The highest BCUT2D eigenvalue weighted by molar-refractivity contribution is 5.85. The highest BCUT2D eigenvalue weighted by atomic mass is 16.5. The number of Topliss-reactive ketones (excluding diaryl/α,β-unsaturated/α-hetero) is 1. The number of hydrogen-bond acceptors (Lipinski definition) is 7. The van der Waals surface area contributed by atoms with Crippen molar-refractivity contribution in [3.8, 4) is 11.5 Å². The van der Waals surface area contributed by atoms with Gasteiger partial charge in [-0.25, -0.2) is 4.98 Å². The smallest absolute Gasteiger partial charge is 0.204 e. The molecule has 0 aliphatic rings. The highest BCUT2D eigenvalue weighted by Crippen LogP contribution is 2.33. The van der Waals surface area contributed by atoms with E-state index in [0.717, 1.165) is 49.1 Å². The van der Waals surface area contributed by atoms with Crippen LogP contribution in [-0.2, 0) is 4.79 Å². The summed E-state index contributed by atoms with van der Waals surface area (Å²) >= 11 is 0. The van der Waals surface area contributed by atoms with Crippen LogP contribution in [0.2, 0.25) is 0 Å². The molecule has 8 heteroatoms. The minimum atomic E-state index is 0.378. The van der Waals surface area contributed by atoms with E-state index in [0.29, 0.717) is 47.5 Å². The second-order valence-corrected chi connectivity index (χ2v) is 8.27. The molecule has 31 heavy (non-hydrogen) atoms. The van der Waals surface area contributed by atoms with Crippen LogP contribution in [0, 0.1) is 12.8 Å². The summed E-state index contributed by atoms with van der Waals surface area (Å²) in [5.41, 5.74) is 2.31. The van der Waals surface area contributed by atoms with Gasteiger partial charge < -0.3 is 14.8 Å². The Morgan fingerprint density at radius 3 is 2.52 bits per heavy atom. The van der Waals surface area contributed by atoms with Crippen LogP contribution in [0.3, 0.4) is 0 Å². The molecule has 0 amide bonds. The van der Waals surface area contributed by atoms with Crippen LogP contribution < -0.4 is 14.8 Å². The number of methoxy groups -OCH3 is 2. The molecule has 1 aromatic carbocycles. The van der Waals surface area contributed by atoms with Crippen LogP contribution in [0.5, 0.6) is 11.5 Å². The summed E-state index contributed by atoms with van der Waals surface area (Å²) in [6, 6.07) is 3.76. The van der Waals surface area contributed by atoms with Gasteiger partial charge in [-0.15, -0.1) is 10.2 Å². The van der Waals surface area contributed by atoms with E-state index in [1.54, 1.807) is 14.2 Å². The number of nitrogens with one attached hydrogen (secondary N) is 1. The van der Waals surface area contributed by atoms with Gasteiger partial charge in [0.2, 0.25) is 5.65 Å². The zero-order valence-electron chi connectivity index (χ0n) is 19.2.